The number of nitrogens with one attached hydrogen (secondary N) is 1. The van der Waals surface area contributed by atoms with E-state index in [1.807, 2.05) is 18.2 Å². The molecule has 7 heteroatoms. The number of rotatable bonds is 8. The number of halogens is 2. The van der Waals surface area contributed by atoms with Crippen molar-refractivity contribution in [3.63, 3.8) is 0 Å². The fraction of sp³-hybridized carbons (Fsp3) is 0.462. The Kier molecular flexibility index (Phi) is 7.02. The molecule has 2 aliphatic rings. The molecule has 0 atom stereocenters. The Hall–Kier alpha value is -1.92. The maximum Gasteiger partial charge on any atom is 0.240 e. The molecular formula is C26H30Cl2N4O. The highest BCUT2D eigenvalue weighted by molar-refractivity contribution is 6.30. The summed E-state index contributed by atoms with van der Waals surface area (Å²) in [6, 6.07) is 16.4. The summed E-state index contributed by atoms with van der Waals surface area (Å²) in [5.41, 5.74) is 2.47. The van der Waals surface area contributed by atoms with E-state index >= 15 is 0 Å². The summed E-state index contributed by atoms with van der Waals surface area (Å²) in [6.07, 6.45) is 5.64. The molecule has 0 radical (unpaired) electrons. The van der Waals surface area contributed by atoms with Crippen LogP contribution in [0.15, 0.2) is 53.1 Å². The minimum absolute atomic E-state index is 0.125. The fourth-order valence-electron chi connectivity index (χ4n) is 5.14. The van der Waals surface area contributed by atoms with Crippen LogP contribution in [0.4, 0.5) is 0 Å². The van der Waals surface area contributed by atoms with Gasteiger partial charge >= 0.3 is 0 Å². The summed E-state index contributed by atoms with van der Waals surface area (Å²) in [5, 5.41) is 9.40. The highest BCUT2D eigenvalue weighted by Gasteiger charge is 2.44. The van der Waals surface area contributed by atoms with E-state index in [4.69, 9.17) is 32.7 Å². The number of hydrogen-bond donors (Lipinski definition) is 1. The van der Waals surface area contributed by atoms with Crippen LogP contribution >= 0.6 is 23.2 Å². The number of likely N-dealkylation sites (tertiary alicyclic amines) is 1. The molecule has 2 aromatic carbocycles. The standard InChI is InChI=1S/C26H30Cl2N4O/c27-22-7-5-21(6-8-22)26(11-2-12-26)25-30-24(33-31-25)18-29-13-16-32-14-9-19(10-15-32)20-3-1-4-23(28)17-20/h1,3-8,17,19,29H,2,9-16,18H2. The molecule has 1 saturated carbocycles. The Balaban J connectivity index is 1.08. The van der Waals surface area contributed by atoms with Crippen LogP contribution in [0.3, 0.4) is 0 Å². The van der Waals surface area contributed by atoms with Gasteiger partial charge in [-0.2, -0.15) is 4.98 Å². The van der Waals surface area contributed by atoms with Gasteiger partial charge in [-0.25, -0.2) is 0 Å². The van der Waals surface area contributed by atoms with Crippen LogP contribution < -0.4 is 5.32 Å². The van der Waals surface area contributed by atoms with E-state index in [9.17, 15) is 0 Å². The number of benzene rings is 2. The van der Waals surface area contributed by atoms with Crippen LogP contribution in [0.25, 0.3) is 0 Å². The quantitative estimate of drug-likeness (QED) is 0.408. The first-order chi connectivity index (χ1) is 16.1. The molecule has 5 nitrogen and oxygen atoms in total. The first-order valence-corrected chi connectivity index (χ1v) is 12.7. The van der Waals surface area contributed by atoms with E-state index in [1.54, 1.807) is 0 Å². The van der Waals surface area contributed by atoms with Gasteiger partial charge in [-0.15, -0.1) is 0 Å². The van der Waals surface area contributed by atoms with Crippen molar-refractivity contribution in [1.29, 1.82) is 0 Å². The van der Waals surface area contributed by atoms with Crippen LogP contribution in [0.2, 0.25) is 10.0 Å². The van der Waals surface area contributed by atoms with Gasteiger partial charge in [0.2, 0.25) is 5.89 Å². The molecule has 1 aromatic heterocycles. The van der Waals surface area contributed by atoms with E-state index in [0.29, 0.717) is 18.4 Å². The van der Waals surface area contributed by atoms with Crippen molar-refractivity contribution < 1.29 is 4.52 Å². The summed E-state index contributed by atoms with van der Waals surface area (Å²) in [4.78, 5) is 7.27. The normalized spacial score (nSPS) is 18.8. The lowest BCUT2D eigenvalue weighted by atomic mass is 9.64. The zero-order valence-electron chi connectivity index (χ0n) is 18.8. The van der Waals surface area contributed by atoms with Gasteiger partial charge in [0, 0.05) is 23.1 Å². The molecule has 0 amide bonds. The van der Waals surface area contributed by atoms with Crippen molar-refractivity contribution in [2.45, 2.75) is 50.0 Å². The predicted octanol–water partition coefficient (Wildman–Crippen LogP) is 5.82. The largest absolute Gasteiger partial charge is 0.338 e. The summed E-state index contributed by atoms with van der Waals surface area (Å²) >= 11 is 12.2. The van der Waals surface area contributed by atoms with Crippen LogP contribution in [0.5, 0.6) is 0 Å². The second-order valence-corrected chi connectivity index (χ2v) is 10.2. The topological polar surface area (TPSA) is 54.2 Å². The monoisotopic (exact) mass is 484 g/mol. The minimum Gasteiger partial charge on any atom is -0.338 e. The maximum atomic E-state index is 6.16. The van der Waals surface area contributed by atoms with Crippen LogP contribution in [-0.4, -0.2) is 41.2 Å². The zero-order chi connectivity index (χ0) is 22.7. The third-order valence-corrected chi connectivity index (χ3v) is 7.78. The Morgan fingerprint density at radius 1 is 1.03 bits per heavy atom. The summed E-state index contributed by atoms with van der Waals surface area (Å²) in [7, 11) is 0. The molecule has 2 fully saturated rings. The third kappa shape index (κ3) is 5.12. The van der Waals surface area contributed by atoms with E-state index < -0.39 is 0 Å². The van der Waals surface area contributed by atoms with Gasteiger partial charge < -0.3 is 14.7 Å². The predicted molar refractivity (Wildman–Crippen MR) is 132 cm³/mol. The molecule has 3 aromatic rings. The SMILES string of the molecule is Clc1ccc(C2(c3noc(CNCCN4CCC(c5cccc(Cl)c5)CC4)n3)CCC2)cc1. The molecule has 1 aliphatic carbocycles. The van der Waals surface area contributed by atoms with E-state index in [1.165, 1.54) is 30.4 Å². The van der Waals surface area contributed by atoms with Gasteiger partial charge in [-0.05, 0) is 80.1 Å². The molecule has 0 spiro atoms. The van der Waals surface area contributed by atoms with Gasteiger partial charge in [0.15, 0.2) is 5.82 Å². The van der Waals surface area contributed by atoms with Crippen LogP contribution in [0.1, 0.15) is 60.9 Å². The van der Waals surface area contributed by atoms with Gasteiger partial charge in [0.05, 0.1) is 12.0 Å². The lowest BCUT2D eigenvalue weighted by Gasteiger charge is -2.39. The average molecular weight is 485 g/mol. The smallest absolute Gasteiger partial charge is 0.240 e. The van der Waals surface area contributed by atoms with E-state index in [2.05, 4.69) is 45.7 Å². The highest BCUT2D eigenvalue weighted by atomic mass is 35.5. The minimum atomic E-state index is -0.125. The first kappa shape index (κ1) is 22.9. The fourth-order valence-corrected chi connectivity index (χ4v) is 5.47. The van der Waals surface area contributed by atoms with Gasteiger partial charge in [0.25, 0.3) is 0 Å². The van der Waals surface area contributed by atoms with Crippen molar-refractivity contribution in [2.75, 3.05) is 26.2 Å². The molecule has 33 heavy (non-hydrogen) atoms. The van der Waals surface area contributed by atoms with Crippen molar-refractivity contribution in [2.24, 2.45) is 0 Å². The second kappa shape index (κ2) is 10.1. The lowest BCUT2D eigenvalue weighted by Crippen LogP contribution is -2.37. The summed E-state index contributed by atoms with van der Waals surface area (Å²) in [6.45, 7) is 4.77. The zero-order valence-corrected chi connectivity index (χ0v) is 20.3. The summed E-state index contributed by atoms with van der Waals surface area (Å²) < 4.78 is 5.58. The molecule has 2 heterocycles. The van der Waals surface area contributed by atoms with Crippen LogP contribution in [-0.2, 0) is 12.0 Å². The number of aromatic nitrogens is 2. The van der Waals surface area contributed by atoms with Crippen LogP contribution in [0, 0.1) is 0 Å². The molecule has 1 aliphatic heterocycles. The van der Waals surface area contributed by atoms with E-state index in [0.717, 1.165) is 54.9 Å². The van der Waals surface area contributed by atoms with E-state index in [-0.39, 0.29) is 5.41 Å². The van der Waals surface area contributed by atoms with Crippen molar-refractivity contribution in [1.82, 2.24) is 20.4 Å². The van der Waals surface area contributed by atoms with Gasteiger partial charge in [-0.1, -0.05) is 59.0 Å². The second-order valence-electron chi connectivity index (χ2n) is 9.30. The summed E-state index contributed by atoms with van der Waals surface area (Å²) in [5.74, 6) is 2.07. The third-order valence-electron chi connectivity index (χ3n) is 7.29. The number of hydrogen-bond acceptors (Lipinski definition) is 5. The number of piperidine rings is 1. The van der Waals surface area contributed by atoms with Crippen molar-refractivity contribution >= 4 is 23.2 Å². The Morgan fingerprint density at radius 3 is 2.52 bits per heavy atom. The Bertz CT molecular complexity index is 1060. The average Bonchev–Trinajstić information content (AvgIpc) is 3.27. The first-order valence-electron chi connectivity index (χ1n) is 11.9. The lowest BCUT2D eigenvalue weighted by molar-refractivity contribution is 0.211. The van der Waals surface area contributed by atoms with Gasteiger partial charge in [-0.3, -0.25) is 0 Å². The Morgan fingerprint density at radius 2 is 1.82 bits per heavy atom. The molecule has 5 rings (SSSR count). The molecular weight excluding hydrogens is 455 g/mol. The van der Waals surface area contributed by atoms with Gasteiger partial charge in [0.1, 0.15) is 0 Å². The molecule has 1 N–H and O–H groups in total. The van der Waals surface area contributed by atoms with Crippen molar-refractivity contribution in [3.8, 4) is 0 Å². The molecule has 1 saturated heterocycles. The maximum absolute atomic E-state index is 6.16. The Labute approximate surface area is 205 Å². The molecule has 0 unspecified atom stereocenters. The number of nitrogens with zero attached hydrogens (tertiary/aromatic N) is 3. The van der Waals surface area contributed by atoms with Crippen molar-refractivity contribution in [3.05, 3.63) is 81.4 Å². The highest BCUT2D eigenvalue weighted by Crippen LogP contribution is 2.47. The molecule has 174 valence electrons. The molecule has 0 bridgehead atoms.